The zero-order chi connectivity index (χ0) is 15.8. The van der Waals surface area contributed by atoms with Gasteiger partial charge in [0.15, 0.2) is 11.5 Å². The third kappa shape index (κ3) is 5.13. The number of nitrogens with zero attached hydrogens (tertiary/aromatic N) is 1. The minimum Gasteiger partial charge on any atom is -0.490 e. The van der Waals surface area contributed by atoms with E-state index >= 15 is 0 Å². The number of hydrogen-bond donors (Lipinski definition) is 1. The molecule has 1 rings (SSSR count). The van der Waals surface area contributed by atoms with Gasteiger partial charge in [0.25, 0.3) is 0 Å². The molecule has 2 N–H and O–H groups in total. The van der Waals surface area contributed by atoms with Crippen molar-refractivity contribution in [2.24, 2.45) is 5.73 Å². The zero-order valence-electron chi connectivity index (χ0n) is 12.8. The molecule has 0 fully saturated rings. The van der Waals surface area contributed by atoms with Crippen molar-refractivity contribution in [2.75, 3.05) is 26.7 Å². The minimum absolute atomic E-state index is 0.0183. The number of ether oxygens (including phenoxy) is 2. The van der Waals surface area contributed by atoms with Gasteiger partial charge in [-0.1, -0.05) is 13.0 Å². The smallest absolute Gasteiger partial charge is 0.387 e. The molecule has 0 spiro atoms. The van der Waals surface area contributed by atoms with E-state index in [1.165, 1.54) is 6.07 Å². The summed E-state index contributed by atoms with van der Waals surface area (Å²) >= 11 is 0. The third-order valence-corrected chi connectivity index (χ3v) is 3.20. The highest BCUT2D eigenvalue weighted by Crippen LogP contribution is 2.33. The van der Waals surface area contributed by atoms with Gasteiger partial charge >= 0.3 is 6.61 Å². The Morgan fingerprint density at radius 1 is 1.24 bits per heavy atom. The monoisotopic (exact) mass is 302 g/mol. The first-order chi connectivity index (χ1) is 10.0. The van der Waals surface area contributed by atoms with Gasteiger partial charge in [-0.3, -0.25) is 4.90 Å². The van der Waals surface area contributed by atoms with Gasteiger partial charge in [0.2, 0.25) is 0 Å². The maximum Gasteiger partial charge on any atom is 0.387 e. The van der Waals surface area contributed by atoms with Crippen LogP contribution in [0.5, 0.6) is 11.5 Å². The van der Waals surface area contributed by atoms with Crippen molar-refractivity contribution in [1.82, 2.24) is 4.90 Å². The normalized spacial score (nSPS) is 12.8. The molecular formula is C15H24F2N2O2. The molecular weight excluding hydrogens is 278 g/mol. The summed E-state index contributed by atoms with van der Waals surface area (Å²) in [5, 5.41) is 0. The van der Waals surface area contributed by atoms with E-state index in [9.17, 15) is 8.78 Å². The molecule has 0 amide bonds. The average molecular weight is 302 g/mol. The molecule has 0 saturated carbocycles. The van der Waals surface area contributed by atoms with Crippen LogP contribution < -0.4 is 15.2 Å². The molecule has 0 aliphatic carbocycles. The maximum atomic E-state index is 12.4. The fourth-order valence-electron chi connectivity index (χ4n) is 2.27. The van der Waals surface area contributed by atoms with Crippen molar-refractivity contribution in [3.8, 4) is 11.5 Å². The Labute approximate surface area is 124 Å². The summed E-state index contributed by atoms with van der Waals surface area (Å²) < 4.78 is 34.6. The number of hydrogen-bond acceptors (Lipinski definition) is 4. The molecule has 0 radical (unpaired) electrons. The number of nitrogens with two attached hydrogens (primary N) is 1. The summed E-state index contributed by atoms with van der Waals surface area (Å²) in [6.45, 7) is 2.74. The van der Waals surface area contributed by atoms with Crippen LogP contribution in [-0.4, -0.2) is 38.3 Å². The van der Waals surface area contributed by atoms with Crippen LogP contribution in [0.15, 0.2) is 18.2 Å². The van der Waals surface area contributed by atoms with E-state index in [0.717, 1.165) is 18.5 Å². The van der Waals surface area contributed by atoms with E-state index in [2.05, 4.69) is 16.6 Å². The van der Waals surface area contributed by atoms with Crippen LogP contribution in [0.2, 0.25) is 0 Å². The van der Waals surface area contributed by atoms with Crippen molar-refractivity contribution in [2.45, 2.75) is 32.9 Å². The molecule has 0 bridgehead atoms. The summed E-state index contributed by atoms with van der Waals surface area (Å²) in [5.74, 6) is 0.364. The average Bonchev–Trinajstić information content (AvgIpc) is 2.42. The van der Waals surface area contributed by atoms with Gasteiger partial charge in [-0.2, -0.15) is 8.78 Å². The molecule has 0 saturated heterocycles. The van der Waals surface area contributed by atoms with Crippen LogP contribution in [0.3, 0.4) is 0 Å². The van der Waals surface area contributed by atoms with Crippen LogP contribution in [-0.2, 0) is 0 Å². The number of halogens is 2. The molecule has 21 heavy (non-hydrogen) atoms. The van der Waals surface area contributed by atoms with Gasteiger partial charge in [0, 0.05) is 12.6 Å². The van der Waals surface area contributed by atoms with Gasteiger partial charge in [0.1, 0.15) is 0 Å². The van der Waals surface area contributed by atoms with E-state index in [-0.39, 0.29) is 11.8 Å². The standard InChI is InChI=1S/C15H24F2N2O2/c1-4-8-19(3)12(10-18)11-6-7-13(21-15(16)17)14(9-11)20-5-2/h6-7,9,12,15H,4-5,8,10,18H2,1-3H3. The minimum atomic E-state index is -2.87. The Kier molecular flexibility index (Phi) is 7.39. The topological polar surface area (TPSA) is 47.7 Å². The molecule has 1 aromatic rings. The molecule has 1 unspecified atom stereocenters. The number of likely N-dealkylation sites (N-methyl/N-ethyl adjacent to an activating group) is 1. The van der Waals surface area contributed by atoms with Gasteiger partial charge in [-0.05, 0) is 44.6 Å². The fraction of sp³-hybridized carbons (Fsp3) is 0.600. The summed E-state index contributed by atoms with van der Waals surface area (Å²) in [7, 11) is 1.99. The van der Waals surface area contributed by atoms with Crippen LogP contribution in [0.25, 0.3) is 0 Å². The summed E-state index contributed by atoms with van der Waals surface area (Å²) in [6, 6.07) is 5.01. The Morgan fingerprint density at radius 3 is 2.48 bits per heavy atom. The second-order valence-corrected chi connectivity index (χ2v) is 4.75. The quantitative estimate of drug-likeness (QED) is 0.761. The Morgan fingerprint density at radius 2 is 1.95 bits per heavy atom. The fourth-order valence-corrected chi connectivity index (χ4v) is 2.27. The molecule has 1 aromatic carbocycles. The highest BCUT2D eigenvalue weighted by Gasteiger charge is 2.18. The lowest BCUT2D eigenvalue weighted by Gasteiger charge is -2.27. The summed E-state index contributed by atoms with van der Waals surface area (Å²) in [4.78, 5) is 2.14. The molecule has 4 nitrogen and oxygen atoms in total. The lowest BCUT2D eigenvalue weighted by molar-refractivity contribution is -0.0514. The van der Waals surface area contributed by atoms with E-state index in [4.69, 9.17) is 10.5 Å². The SMILES string of the molecule is CCCN(C)C(CN)c1ccc(OC(F)F)c(OCC)c1. The van der Waals surface area contributed by atoms with Gasteiger partial charge in [0.05, 0.1) is 6.61 Å². The van der Waals surface area contributed by atoms with E-state index in [1.54, 1.807) is 19.1 Å². The highest BCUT2D eigenvalue weighted by molar-refractivity contribution is 5.44. The first-order valence-corrected chi connectivity index (χ1v) is 7.15. The predicted octanol–water partition coefficient (Wildman–Crippen LogP) is 3.03. The van der Waals surface area contributed by atoms with E-state index in [1.807, 2.05) is 7.05 Å². The number of benzene rings is 1. The third-order valence-electron chi connectivity index (χ3n) is 3.20. The zero-order valence-corrected chi connectivity index (χ0v) is 12.8. The molecule has 120 valence electrons. The van der Waals surface area contributed by atoms with Crippen molar-refractivity contribution in [3.05, 3.63) is 23.8 Å². The first-order valence-electron chi connectivity index (χ1n) is 7.15. The van der Waals surface area contributed by atoms with Crippen LogP contribution >= 0.6 is 0 Å². The number of rotatable bonds is 9. The highest BCUT2D eigenvalue weighted by atomic mass is 19.3. The molecule has 0 heterocycles. The van der Waals surface area contributed by atoms with Crippen LogP contribution in [0.1, 0.15) is 31.9 Å². The van der Waals surface area contributed by atoms with E-state index < -0.39 is 6.61 Å². The molecule has 0 aliphatic heterocycles. The molecule has 0 aliphatic rings. The molecule has 1 atom stereocenters. The van der Waals surface area contributed by atoms with Crippen LogP contribution in [0, 0.1) is 0 Å². The second kappa shape index (κ2) is 8.79. The Hall–Kier alpha value is -1.40. The van der Waals surface area contributed by atoms with E-state index in [0.29, 0.717) is 18.9 Å². The first kappa shape index (κ1) is 17.7. The lowest BCUT2D eigenvalue weighted by Crippen LogP contribution is -2.31. The second-order valence-electron chi connectivity index (χ2n) is 4.75. The molecule has 0 aromatic heterocycles. The van der Waals surface area contributed by atoms with Gasteiger partial charge in [-0.25, -0.2) is 0 Å². The largest absolute Gasteiger partial charge is 0.490 e. The van der Waals surface area contributed by atoms with Crippen molar-refractivity contribution in [3.63, 3.8) is 0 Å². The van der Waals surface area contributed by atoms with Crippen molar-refractivity contribution in [1.29, 1.82) is 0 Å². The van der Waals surface area contributed by atoms with Crippen molar-refractivity contribution < 1.29 is 18.3 Å². The van der Waals surface area contributed by atoms with Gasteiger partial charge in [-0.15, -0.1) is 0 Å². The number of alkyl halides is 2. The summed E-state index contributed by atoms with van der Waals surface area (Å²) in [5.41, 5.74) is 6.77. The maximum absolute atomic E-state index is 12.4. The van der Waals surface area contributed by atoms with Crippen LogP contribution in [0.4, 0.5) is 8.78 Å². The Balaban J connectivity index is 3.04. The predicted molar refractivity (Wildman–Crippen MR) is 79.0 cm³/mol. The van der Waals surface area contributed by atoms with Gasteiger partial charge < -0.3 is 15.2 Å². The Bertz CT molecular complexity index is 430. The lowest BCUT2D eigenvalue weighted by atomic mass is 10.0. The van der Waals surface area contributed by atoms with Crippen molar-refractivity contribution >= 4 is 0 Å². The molecule has 6 heteroatoms. The summed E-state index contributed by atoms with van der Waals surface area (Å²) in [6.07, 6.45) is 1.01.